The molecule has 1 aromatic rings. The number of ether oxygens (including phenoxy) is 1. The third-order valence-electron chi connectivity index (χ3n) is 4.64. The third-order valence-corrected chi connectivity index (χ3v) is 4.64. The Labute approximate surface area is 126 Å². The molecule has 1 N–H and O–H groups in total. The van der Waals surface area contributed by atoms with Crippen LogP contribution in [0.4, 0.5) is 4.39 Å². The number of hydrogen-bond acceptors (Lipinski definition) is 3. The van der Waals surface area contributed by atoms with Gasteiger partial charge in [-0.3, -0.25) is 4.90 Å². The van der Waals surface area contributed by atoms with E-state index in [2.05, 4.69) is 24.1 Å². The van der Waals surface area contributed by atoms with E-state index in [9.17, 15) is 4.39 Å². The van der Waals surface area contributed by atoms with Crippen LogP contribution in [0.2, 0.25) is 0 Å². The maximum Gasteiger partial charge on any atom is 0.123 e. The summed E-state index contributed by atoms with van der Waals surface area (Å²) in [6.45, 7) is 9.68. The summed E-state index contributed by atoms with van der Waals surface area (Å²) < 4.78 is 19.1. The lowest BCUT2D eigenvalue weighted by Gasteiger charge is -2.40. The first-order chi connectivity index (χ1) is 10.0. The normalized spacial score (nSPS) is 34.2. The number of halogens is 1. The molecular weight excluding hydrogens is 267 g/mol. The minimum atomic E-state index is -0.191. The largest absolute Gasteiger partial charge is 0.368 e. The average molecular weight is 292 g/mol. The van der Waals surface area contributed by atoms with Crippen molar-refractivity contribution in [2.75, 3.05) is 32.7 Å². The minimum absolute atomic E-state index is 0.0484. The highest BCUT2D eigenvalue weighted by Gasteiger charge is 2.34. The summed E-state index contributed by atoms with van der Waals surface area (Å²) in [4.78, 5) is 2.51. The van der Waals surface area contributed by atoms with Crippen molar-refractivity contribution in [3.05, 3.63) is 35.6 Å². The van der Waals surface area contributed by atoms with E-state index in [1.54, 1.807) is 0 Å². The summed E-state index contributed by atoms with van der Waals surface area (Å²) in [5.41, 5.74) is 1.44. The summed E-state index contributed by atoms with van der Waals surface area (Å²) in [5.74, 6) is -0.191. The minimum Gasteiger partial charge on any atom is -0.368 e. The van der Waals surface area contributed by atoms with E-state index in [1.807, 2.05) is 12.1 Å². The van der Waals surface area contributed by atoms with Gasteiger partial charge < -0.3 is 10.1 Å². The Morgan fingerprint density at radius 1 is 1.33 bits per heavy atom. The lowest BCUT2D eigenvalue weighted by molar-refractivity contribution is -0.0861. The van der Waals surface area contributed by atoms with Crippen molar-refractivity contribution >= 4 is 0 Å². The Balaban J connectivity index is 1.68. The van der Waals surface area contributed by atoms with E-state index < -0.39 is 0 Å². The molecule has 0 radical (unpaired) electrons. The van der Waals surface area contributed by atoms with Crippen molar-refractivity contribution in [3.8, 4) is 0 Å². The molecule has 2 heterocycles. The maximum atomic E-state index is 13.1. The van der Waals surface area contributed by atoms with Crippen LogP contribution in [0.25, 0.3) is 0 Å². The quantitative estimate of drug-likeness (QED) is 0.927. The van der Waals surface area contributed by atoms with Crippen LogP contribution in [0.3, 0.4) is 0 Å². The summed E-state index contributed by atoms with van der Waals surface area (Å²) in [7, 11) is 0. The molecule has 2 aliphatic rings. The van der Waals surface area contributed by atoms with Gasteiger partial charge in [-0.05, 0) is 43.0 Å². The van der Waals surface area contributed by atoms with Gasteiger partial charge in [0.2, 0.25) is 0 Å². The van der Waals surface area contributed by atoms with Gasteiger partial charge in [-0.25, -0.2) is 4.39 Å². The summed E-state index contributed by atoms with van der Waals surface area (Å²) >= 11 is 0. The fourth-order valence-electron chi connectivity index (χ4n) is 3.57. The van der Waals surface area contributed by atoms with Crippen LogP contribution < -0.4 is 5.32 Å². The molecule has 1 aromatic carbocycles. The molecule has 21 heavy (non-hydrogen) atoms. The first-order valence-electron chi connectivity index (χ1n) is 7.88. The zero-order valence-electron chi connectivity index (χ0n) is 12.9. The number of hydrogen-bond donors (Lipinski definition) is 1. The predicted octanol–water partition coefficient (Wildman–Crippen LogP) is 2.59. The van der Waals surface area contributed by atoms with Crippen LogP contribution in [-0.2, 0) is 4.74 Å². The van der Waals surface area contributed by atoms with Crippen LogP contribution >= 0.6 is 0 Å². The second-order valence-electron chi connectivity index (χ2n) is 6.92. The van der Waals surface area contributed by atoms with Crippen molar-refractivity contribution < 1.29 is 9.13 Å². The molecule has 0 aliphatic carbocycles. The Hall–Kier alpha value is -0.970. The Morgan fingerprint density at radius 2 is 2.10 bits per heavy atom. The molecule has 0 aromatic heterocycles. The van der Waals surface area contributed by atoms with Gasteiger partial charge >= 0.3 is 0 Å². The number of rotatable bonds is 3. The maximum absolute atomic E-state index is 13.1. The van der Waals surface area contributed by atoms with E-state index in [0.29, 0.717) is 5.41 Å². The van der Waals surface area contributed by atoms with E-state index in [-0.39, 0.29) is 18.0 Å². The van der Waals surface area contributed by atoms with Gasteiger partial charge in [0.25, 0.3) is 0 Å². The Kier molecular flexibility index (Phi) is 4.29. The molecule has 116 valence electrons. The second-order valence-corrected chi connectivity index (χ2v) is 6.92. The van der Waals surface area contributed by atoms with E-state index in [1.165, 1.54) is 18.6 Å². The molecule has 4 heteroatoms. The van der Waals surface area contributed by atoms with Crippen molar-refractivity contribution in [2.24, 2.45) is 5.41 Å². The lowest BCUT2D eigenvalue weighted by atomic mass is 9.88. The van der Waals surface area contributed by atoms with Gasteiger partial charge in [0, 0.05) is 26.2 Å². The van der Waals surface area contributed by atoms with Gasteiger partial charge in [-0.1, -0.05) is 19.1 Å². The standard InChI is InChI=1S/C17H25FN2O/c1-13-9-20(12-17(2)7-8-19-11-17)10-16(21-13)14-3-5-15(18)6-4-14/h3-6,13,16,19H,7-12H2,1-2H3. The zero-order valence-corrected chi connectivity index (χ0v) is 12.9. The van der Waals surface area contributed by atoms with E-state index >= 15 is 0 Å². The average Bonchev–Trinajstić information content (AvgIpc) is 2.85. The van der Waals surface area contributed by atoms with Crippen molar-refractivity contribution in [1.29, 1.82) is 0 Å². The highest BCUT2D eigenvalue weighted by Crippen LogP contribution is 2.30. The first kappa shape index (κ1) is 14.9. The van der Waals surface area contributed by atoms with E-state index in [0.717, 1.165) is 38.3 Å². The molecule has 2 fully saturated rings. The van der Waals surface area contributed by atoms with E-state index in [4.69, 9.17) is 4.74 Å². The molecule has 2 saturated heterocycles. The smallest absolute Gasteiger partial charge is 0.123 e. The van der Waals surface area contributed by atoms with Crippen molar-refractivity contribution in [2.45, 2.75) is 32.5 Å². The highest BCUT2D eigenvalue weighted by atomic mass is 19.1. The van der Waals surface area contributed by atoms with Gasteiger partial charge in [0.15, 0.2) is 0 Å². The Bertz CT molecular complexity index is 470. The number of nitrogens with zero attached hydrogens (tertiary/aromatic N) is 1. The summed E-state index contributed by atoms with van der Waals surface area (Å²) in [5, 5.41) is 3.46. The van der Waals surface area contributed by atoms with Gasteiger partial charge in [-0.2, -0.15) is 0 Å². The fourth-order valence-corrected chi connectivity index (χ4v) is 3.57. The number of benzene rings is 1. The second kappa shape index (κ2) is 6.03. The molecule has 0 spiro atoms. The van der Waals surface area contributed by atoms with Crippen LogP contribution in [0.5, 0.6) is 0 Å². The number of nitrogens with one attached hydrogen (secondary N) is 1. The SMILES string of the molecule is CC1CN(CC2(C)CCNC2)CC(c2ccc(F)cc2)O1. The molecule has 0 saturated carbocycles. The monoisotopic (exact) mass is 292 g/mol. The summed E-state index contributed by atoms with van der Waals surface area (Å²) in [6, 6.07) is 6.72. The Morgan fingerprint density at radius 3 is 2.76 bits per heavy atom. The van der Waals surface area contributed by atoms with Gasteiger partial charge in [-0.15, -0.1) is 0 Å². The molecule has 3 rings (SSSR count). The van der Waals surface area contributed by atoms with Crippen LogP contribution in [0, 0.1) is 11.2 Å². The molecule has 3 unspecified atom stereocenters. The first-order valence-corrected chi connectivity index (χ1v) is 7.88. The van der Waals surface area contributed by atoms with Gasteiger partial charge in [0.1, 0.15) is 5.82 Å². The van der Waals surface area contributed by atoms with Crippen LogP contribution in [0.15, 0.2) is 24.3 Å². The molecular formula is C17H25FN2O. The molecule has 0 bridgehead atoms. The molecule has 2 aliphatic heterocycles. The zero-order chi connectivity index (χ0) is 14.9. The fraction of sp³-hybridized carbons (Fsp3) is 0.647. The van der Waals surface area contributed by atoms with Crippen LogP contribution in [-0.4, -0.2) is 43.7 Å². The van der Waals surface area contributed by atoms with Crippen molar-refractivity contribution in [1.82, 2.24) is 10.2 Å². The predicted molar refractivity (Wildman–Crippen MR) is 81.7 cm³/mol. The highest BCUT2D eigenvalue weighted by molar-refractivity contribution is 5.19. The van der Waals surface area contributed by atoms with Gasteiger partial charge in [0.05, 0.1) is 12.2 Å². The van der Waals surface area contributed by atoms with Crippen molar-refractivity contribution in [3.63, 3.8) is 0 Å². The lowest BCUT2D eigenvalue weighted by Crippen LogP contribution is -2.47. The molecule has 3 nitrogen and oxygen atoms in total. The molecule has 3 atom stereocenters. The van der Waals surface area contributed by atoms with Crippen LogP contribution in [0.1, 0.15) is 31.9 Å². The third kappa shape index (κ3) is 3.62. The molecule has 0 amide bonds. The number of morpholine rings is 1. The topological polar surface area (TPSA) is 24.5 Å². The summed E-state index contributed by atoms with van der Waals surface area (Å²) in [6.07, 6.45) is 1.50.